The Morgan fingerprint density at radius 2 is 0.702 bits per heavy atom. The zero-order valence-corrected chi connectivity index (χ0v) is 31.2. The van der Waals surface area contributed by atoms with E-state index < -0.39 is 0 Å². The molecule has 57 heavy (non-hydrogen) atoms. The van der Waals surface area contributed by atoms with E-state index in [2.05, 4.69) is 217 Å². The third-order valence-corrected chi connectivity index (χ3v) is 11.3. The minimum absolute atomic E-state index is 0.965. The summed E-state index contributed by atoms with van der Waals surface area (Å²) in [5.41, 5.74) is 14.9. The van der Waals surface area contributed by atoms with Crippen LogP contribution in [0.15, 0.2) is 218 Å². The fraction of sp³-hybridized carbons (Fsp3) is 0. The highest BCUT2D eigenvalue weighted by Gasteiger charge is 2.13. The number of rotatable bonds is 6. The van der Waals surface area contributed by atoms with E-state index >= 15 is 0 Å². The zero-order valence-electron chi connectivity index (χ0n) is 31.2. The number of para-hydroxylation sites is 2. The molecule has 11 aromatic rings. The summed E-state index contributed by atoms with van der Waals surface area (Å²) in [4.78, 5) is 5.17. The van der Waals surface area contributed by atoms with Crippen LogP contribution in [0.1, 0.15) is 0 Å². The van der Waals surface area contributed by atoms with Gasteiger partial charge in [0.15, 0.2) is 0 Å². The van der Waals surface area contributed by atoms with Gasteiger partial charge in [-0.25, -0.2) is 4.98 Å². The fourth-order valence-corrected chi connectivity index (χ4v) is 8.45. The van der Waals surface area contributed by atoms with Gasteiger partial charge in [0.1, 0.15) is 0 Å². The quantitative estimate of drug-likeness (QED) is 0.167. The van der Waals surface area contributed by atoms with Gasteiger partial charge in [-0.05, 0) is 116 Å². The van der Waals surface area contributed by atoms with Gasteiger partial charge in [0, 0.05) is 27.6 Å². The van der Waals surface area contributed by atoms with E-state index in [-0.39, 0.29) is 0 Å². The Hall–Kier alpha value is -7.55. The molecule has 0 atom stereocenters. The predicted molar refractivity (Wildman–Crippen MR) is 241 cm³/mol. The van der Waals surface area contributed by atoms with Crippen molar-refractivity contribution in [3.63, 3.8) is 0 Å². The summed E-state index contributed by atoms with van der Waals surface area (Å²) < 4.78 is 2.38. The average Bonchev–Trinajstić information content (AvgIpc) is 3.63. The summed E-state index contributed by atoms with van der Waals surface area (Å²) in [6.07, 6.45) is 0. The summed E-state index contributed by atoms with van der Waals surface area (Å²) in [6, 6.07) is 78.8. The third-order valence-electron chi connectivity index (χ3n) is 11.3. The molecule has 9 aromatic carbocycles. The molecule has 2 heterocycles. The summed E-state index contributed by atoms with van der Waals surface area (Å²) in [5, 5.41) is 7.40. The Labute approximate surface area is 331 Å². The normalized spacial score (nSPS) is 11.5. The molecule has 2 nitrogen and oxygen atoms in total. The molecule has 2 heteroatoms. The molecule has 0 radical (unpaired) electrons. The van der Waals surface area contributed by atoms with E-state index in [0.29, 0.717) is 0 Å². The molecule has 0 aliphatic carbocycles. The summed E-state index contributed by atoms with van der Waals surface area (Å²) >= 11 is 0. The van der Waals surface area contributed by atoms with Crippen molar-refractivity contribution in [1.82, 2.24) is 9.55 Å². The Kier molecular flexibility index (Phi) is 7.86. The lowest BCUT2D eigenvalue weighted by atomic mass is 9.95. The van der Waals surface area contributed by atoms with Gasteiger partial charge in [0.25, 0.3) is 0 Å². The first-order chi connectivity index (χ1) is 28.2. The highest BCUT2D eigenvalue weighted by Crippen LogP contribution is 2.36. The van der Waals surface area contributed by atoms with Crippen LogP contribution in [-0.4, -0.2) is 9.55 Å². The van der Waals surface area contributed by atoms with E-state index in [4.69, 9.17) is 4.98 Å². The van der Waals surface area contributed by atoms with Crippen LogP contribution in [-0.2, 0) is 0 Å². The largest absolute Gasteiger partial charge is 0.309 e. The maximum atomic E-state index is 5.17. The summed E-state index contributed by atoms with van der Waals surface area (Å²) in [7, 11) is 0. The van der Waals surface area contributed by atoms with Gasteiger partial charge in [-0.2, -0.15) is 0 Å². The topological polar surface area (TPSA) is 17.8 Å². The first kappa shape index (κ1) is 32.8. The predicted octanol–water partition coefficient (Wildman–Crippen LogP) is 14.8. The summed E-state index contributed by atoms with van der Waals surface area (Å²) in [6.45, 7) is 0. The molecule has 0 N–H and O–H groups in total. The maximum Gasteiger partial charge on any atom is 0.0715 e. The van der Waals surface area contributed by atoms with Crippen molar-refractivity contribution >= 4 is 43.4 Å². The number of benzene rings is 9. The zero-order chi connectivity index (χ0) is 37.7. The van der Waals surface area contributed by atoms with Gasteiger partial charge in [-0.3, -0.25) is 0 Å². The SMILES string of the molecule is c1ccc(-c2cc(-c3ccccc3)nc(-c3ccc4cc(-c5cccc(-c6ccc7cc(-n8c9ccccc9c9ccccc98)ccc7c6)c5)ccc4c3)c2)cc1. The molecule has 0 fully saturated rings. The number of pyridine rings is 1. The molecule has 0 bridgehead atoms. The minimum atomic E-state index is 0.965. The van der Waals surface area contributed by atoms with Crippen LogP contribution in [0, 0.1) is 0 Å². The molecule has 266 valence electrons. The molecule has 0 saturated heterocycles. The standard InChI is InChI=1S/C55H36N2/c1-3-12-37(13-4-1)48-35-52(38-14-5-2-6-15-38)56-53(36-48)47-27-26-43-31-41(22-23-44(43)33-47)39-16-11-17-40(30-39)42-24-25-46-34-49(29-28-45(46)32-42)57-54-20-9-7-18-50(54)51-19-8-10-21-55(51)57/h1-36H. The molecular weight excluding hydrogens is 689 g/mol. The Morgan fingerprint density at radius 3 is 1.32 bits per heavy atom. The maximum absolute atomic E-state index is 5.17. The van der Waals surface area contributed by atoms with Gasteiger partial charge >= 0.3 is 0 Å². The highest BCUT2D eigenvalue weighted by atomic mass is 15.0. The second-order valence-corrected chi connectivity index (χ2v) is 14.8. The van der Waals surface area contributed by atoms with Gasteiger partial charge in [-0.1, -0.05) is 158 Å². The lowest BCUT2D eigenvalue weighted by Gasteiger charge is -2.12. The Balaban J connectivity index is 0.909. The van der Waals surface area contributed by atoms with E-state index in [1.165, 1.54) is 76.9 Å². The van der Waals surface area contributed by atoms with Crippen molar-refractivity contribution in [2.24, 2.45) is 0 Å². The van der Waals surface area contributed by atoms with Crippen molar-refractivity contribution in [1.29, 1.82) is 0 Å². The average molecular weight is 725 g/mol. The van der Waals surface area contributed by atoms with Crippen LogP contribution in [0.3, 0.4) is 0 Å². The van der Waals surface area contributed by atoms with Crippen LogP contribution in [0.2, 0.25) is 0 Å². The minimum Gasteiger partial charge on any atom is -0.309 e. The molecule has 0 aliphatic heterocycles. The Morgan fingerprint density at radius 1 is 0.263 bits per heavy atom. The van der Waals surface area contributed by atoms with E-state index in [9.17, 15) is 0 Å². The molecule has 0 amide bonds. The van der Waals surface area contributed by atoms with Crippen LogP contribution in [0.25, 0.3) is 105 Å². The monoisotopic (exact) mass is 724 g/mol. The van der Waals surface area contributed by atoms with Crippen molar-refractivity contribution in [2.45, 2.75) is 0 Å². The van der Waals surface area contributed by atoms with Crippen molar-refractivity contribution in [3.05, 3.63) is 218 Å². The second-order valence-electron chi connectivity index (χ2n) is 14.8. The number of fused-ring (bicyclic) bond motifs is 5. The van der Waals surface area contributed by atoms with Gasteiger partial charge in [0.05, 0.1) is 22.4 Å². The molecule has 0 aliphatic rings. The third kappa shape index (κ3) is 5.96. The van der Waals surface area contributed by atoms with E-state index in [1.54, 1.807) is 0 Å². The molecule has 2 aromatic heterocycles. The molecule has 0 saturated carbocycles. The molecule has 11 rings (SSSR count). The van der Waals surface area contributed by atoms with Gasteiger partial charge in [0.2, 0.25) is 0 Å². The lowest BCUT2D eigenvalue weighted by molar-refractivity contribution is 1.19. The van der Waals surface area contributed by atoms with Crippen molar-refractivity contribution in [2.75, 3.05) is 0 Å². The van der Waals surface area contributed by atoms with Crippen molar-refractivity contribution < 1.29 is 0 Å². The van der Waals surface area contributed by atoms with E-state index in [0.717, 1.165) is 28.1 Å². The van der Waals surface area contributed by atoms with Crippen molar-refractivity contribution in [3.8, 4) is 61.6 Å². The summed E-state index contributed by atoms with van der Waals surface area (Å²) in [5.74, 6) is 0. The first-order valence-corrected chi connectivity index (χ1v) is 19.5. The number of nitrogens with zero attached hydrogens (tertiary/aromatic N) is 2. The molecule has 0 spiro atoms. The Bertz CT molecular complexity index is 3170. The smallest absolute Gasteiger partial charge is 0.0715 e. The van der Waals surface area contributed by atoms with E-state index in [1.807, 2.05) is 6.07 Å². The highest BCUT2D eigenvalue weighted by molar-refractivity contribution is 6.09. The van der Waals surface area contributed by atoms with Crippen LogP contribution in [0.5, 0.6) is 0 Å². The van der Waals surface area contributed by atoms with Crippen LogP contribution in [0.4, 0.5) is 0 Å². The number of hydrogen-bond donors (Lipinski definition) is 0. The number of hydrogen-bond acceptors (Lipinski definition) is 1. The van der Waals surface area contributed by atoms with Gasteiger partial charge < -0.3 is 4.57 Å². The molecular formula is C55H36N2. The van der Waals surface area contributed by atoms with Crippen LogP contribution < -0.4 is 0 Å². The second kappa shape index (κ2) is 13.6. The van der Waals surface area contributed by atoms with Crippen LogP contribution >= 0.6 is 0 Å². The van der Waals surface area contributed by atoms with Gasteiger partial charge in [-0.15, -0.1) is 0 Å². The lowest BCUT2D eigenvalue weighted by Crippen LogP contribution is -1.93. The number of aromatic nitrogens is 2. The first-order valence-electron chi connectivity index (χ1n) is 19.5. The molecule has 0 unspecified atom stereocenters. The fourth-order valence-electron chi connectivity index (χ4n) is 8.45.